The van der Waals surface area contributed by atoms with E-state index in [0.29, 0.717) is 32.4 Å². The van der Waals surface area contributed by atoms with Crippen LogP contribution in [0.4, 0.5) is 0 Å². The van der Waals surface area contributed by atoms with Crippen molar-refractivity contribution in [3.63, 3.8) is 0 Å². The van der Waals surface area contributed by atoms with Crippen LogP contribution < -0.4 is 10.1 Å². The zero-order chi connectivity index (χ0) is 21.6. The maximum absolute atomic E-state index is 13.3. The molecule has 0 bridgehead atoms. The van der Waals surface area contributed by atoms with Crippen LogP contribution in [0.1, 0.15) is 30.4 Å². The van der Waals surface area contributed by atoms with Crippen molar-refractivity contribution in [2.75, 3.05) is 13.7 Å². The van der Waals surface area contributed by atoms with Crippen LogP contribution in [0, 0.1) is 0 Å². The Morgan fingerprint density at radius 2 is 1.94 bits per heavy atom. The van der Waals surface area contributed by atoms with Gasteiger partial charge in [0.25, 0.3) is 5.91 Å². The summed E-state index contributed by atoms with van der Waals surface area (Å²) in [6, 6.07) is 17.6. The van der Waals surface area contributed by atoms with Crippen LogP contribution in [0.3, 0.4) is 0 Å². The van der Waals surface area contributed by atoms with Crippen LogP contribution in [-0.4, -0.2) is 48.2 Å². The van der Waals surface area contributed by atoms with Gasteiger partial charge in [-0.25, -0.2) is 0 Å². The highest BCUT2D eigenvalue weighted by Crippen LogP contribution is 2.20. The average Bonchev–Trinajstić information content (AvgIpc) is 3.43. The molecule has 2 heterocycles. The van der Waals surface area contributed by atoms with Crippen molar-refractivity contribution in [1.82, 2.24) is 10.2 Å². The number of methoxy groups -OCH3 is 1. The van der Waals surface area contributed by atoms with Gasteiger partial charge in [-0.1, -0.05) is 47.6 Å². The normalized spacial score (nSPS) is 20.0. The Bertz CT molecular complexity index is 943. The summed E-state index contributed by atoms with van der Waals surface area (Å²) >= 11 is 0. The number of carbonyl (C=O) groups is 2. The number of ether oxygens (including phenoxy) is 1. The molecule has 4 rings (SSSR count). The maximum Gasteiger partial charge on any atom is 0.267 e. The minimum Gasteiger partial charge on any atom is -0.497 e. The third kappa shape index (κ3) is 5.42. The summed E-state index contributed by atoms with van der Waals surface area (Å²) in [5, 5.41) is 7.13. The highest BCUT2D eigenvalue weighted by Gasteiger charge is 2.34. The number of oxime groups is 1. The van der Waals surface area contributed by atoms with E-state index in [0.717, 1.165) is 29.0 Å². The number of nitrogens with zero attached hydrogens (tertiary/aromatic N) is 2. The van der Waals surface area contributed by atoms with Crippen LogP contribution >= 0.6 is 0 Å². The third-order valence-corrected chi connectivity index (χ3v) is 5.63. The lowest BCUT2D eigenvalue weighted by molar-refractivity contribution is -0.143. The van der Waals surface area contributed by atoms with Crippen LogP contribution in [0.2, 0.25) is 0 Å². The lowest BCUT2D eigenvalue weighted by Crippen LogP contribution is -2.45. The second kappa shape index (κ2) is 9.64. The van der Waals surface area contributed by atoms with E-state index in [4.69, 9.17) is 9.57 Å². The summed E-state index contributed by atoms with van der Waals surface area (Å²) in [6.45, 7) is 0.937. The van der Waals surface area contributed by atoms with Crippen LogP contribution in [0.15, 0.2) is 59.8 Å². The highest BCUT2D eigenvalue weighted by atomic mass is 16.6. The van der Waals surface area contributed by atoms with Gasteiger partial charge in [0.15, 0.2) is 0 Å². The van der Waals surface area contributed by atoms with E-state index in [-0.39, 0.29) is 17.9 Å². The number of rotatable bonds is 8. The molecule has 162 valence electrons. The molecule has 7 heteroatoms. The summed E-state index contributed by atoms with van der Waals surface area (Å²) < 4.78 is 5.19. The fraction of sp³-hybridized carbons (Fsp3) is 0.375. The Balaban J connectivity index is 1.39. The zero-order valence-electron chi connectivity index (χ0n) is 17.6. The quantitative estimate of drug-likeness (QED) is 0.711. The van der Waals surface area contributed by atoms with E-state index in [1.165, 1.54) is 0 Å². The first-order valence-electron chi connectivity index (χ1n) is 10.6. The van der Waals surface area contributed by atoms with Gasteiger partial charge in [0, 0.05) is 38.4 Å². The topological polar surface area (TPSA) is 80.2 Å². The third-order valence-electron chi connectivity index (χ3n) is 5.63. The number of nitrogens with one attached hydrogen (secondary N) is 1. The molecule has 1 fully saturated rings. The minimum absolute atomic E-state index is 0.0266. The van der Waals surface area contributed by atoms with E-state index in [1.54, 1.807) is 12.0 Å². The molecular weight excluding hydrogens is 394 g/mol. The van der Waals surface area contributed by atoms with Crippen molar-refractivity contribution in [1.29, 1.82) is 0 Å². The minimum atomic E-state index is -0.630. The molecule has 2 amide bonds. The van der Waals surface area contributed by atoms with E-state index in [1.807, 2.05) is 54.6 Å². The molecule has 0 aliphatic carbocycles. The standard InChI is InChI=1S/C24H27N3O4/c1-30-21-10-7-17(8-11-21)13-20-14-22(31-26-20)24(29)27(15-18-5-3-2-4-6-18)16-19-9-12-23(28)25-19/h2-8,10-11,19,22H,9,12-16H2,1H3,(H,25,28)/t19-,22-/m0/s1. The van der Waals surface area contributed by atoms with E-state index < -0.39 is 6.10 Å². The largest absolute Gasteiger partial charge is 0.497 e. The van der Waals surface area contributed by atoms with Crippen LogP contribution in [0.5, 0.6) is 5.75 Å². The fourth-order valence-electron chi connectivity index (χ4n) is 3.96. The van der Waals surface area contributed by atoms with Gasteiger partial charge in [0.1, 0.15) is 5.75 Å². The fourth-order valence-corrected chi connectivity index (χ4v) is 3.96. The molecule has 2 aromatic carbocycles. The van der Waals surface area contributed by atoms with Crippen molar-refractivity contribution in [3.05, 3.63) is 65.7 Å². The molecule has 0 unspecified atom stereocenters. The van der Waals surface area contributed by atoms with E-state index >= 15 is 0 Å². The molecule has 0 aromatic heterocycles. The second-order valence-corrected chi connectivity index (χ2v) is 7.99. The van der Waals surface area contributed by atoms with Gasteiger partial charge >= 0.3 is 0 Å². The lowest BCUT2D eigenvalue weighted by Gasteiger charge is -2.27. The lowest BCUT2D eigenvalue weighted by atomic mass is 10.0. The molecule has 0 saturated carbocycles. The number of carbonyl (C=O) groups excluding carboxylic acids is 2. The average molecular weight is 421 g/mol. The van der Waals surface area contributed by atoms with Crippen LogP contribution in [0.25, 0.3) is 0 Å². The number of amides is 2. The zero-order valence-corrected chi connectivity index (χ0v) is 17.6. The van der Waals surface area contributed by atoms with Gasteiger partial charge in [-0.3, -0.25) is 9.59 Å². The Morgan fingerprint density at radius 3 is 2.61 bits per heavy atom. The number of benzene rings is 2. The van der Waals surface area contributed by atoms with Crippen molar-refractivity contribution >= 4 is 17.5 Å². The van der Waals surface area contributed by atoms with Gasteiger partial charge < -0.3 is 19.8 Å². The molecule has 1 saturated heterocycles. The van der Waals surface area contributed by atoms with E-state index in [9.17, 15) is 9.59 Å². The Kier molecular flexibility index (Phi) is 6.50. The van der Waals surface area contributed by atoms with Gasteiger partial charge in [-0.15, -0.1) is 0 Å². The summed E-state index contributed by atoms with van der Waals surface area (Å²) in [5.41, 5.74) is 2.97. The molecule has 2 aliphatic heterocycles. The molecular formula is C24H27N3O4. The Morgan fingerprint density at radius 1 is 1.16 bits per heavy atom. The van der Waals surface area contributed by atoms with E-state index in [2.05, 4.69) is 10.5 Å². The number of hydrogen-bond donors (Lipinski definition) is 1. The highest BCUT2D eigenvalue weighted by molar-refractivity contribution is 5.94. The number of hydrogen-bond acceptors (Lipinski definition) is 5. The molecule has 0 radical (unpaired) electrons. The Labute approximate surface area is 182 Å². The molecule has 2 aromatic rings. The SMILES string of the molecule is COc1ccc(CC2=NO[C@H](C(=O)N(Cc3ccccc3)C[C@@H]3CCC(=O)N3)C2)cc1. The maximum atomic E-state index is 13.3. The predicted octanol–water partition coefficient (Wildman–Crippen LogP) is 2.69. The van der Waals surface area contributed by atoms with Crippen molar-refractivity contribution in [3.8, 4) is 5.75 Å². The first kappa shape index (κ1) is 20.9. The van der Waals surface area contributed by atoms with Crippen molar-refractivity contribution in [2.45, 2.75) is 44.4 Å². The first-order chi connectivity index (χ1) is 15.1. The van der Waals surface area contributed by atoms with Gasteiger partial charge in [-0.2, -0.15) is 0 Å². The smallest absolute Gasteiger partial charge is 0.267 e. The molecule has 7 nitrogen and oxygen atoms in total. The van der Waals surface area contributed by atoms with Gasteiger partial charge in [0.05, 0.1) is 12.8 Å². The molecule has 31 heavy (non-hydrogen) atoms. The Hall–Kier alpha value is -3.35. The van der Waals surface area contributed by atoms with Crippen LogP contribution in [-0.2, 0) is 27.4 Å². The second-order valence-electron chi connectivity index (χ2n) is 7.99. The predicted molar refractivity (Wildman–Crippen MR) is 117 cm³/mol. The summed E-state index contributed by atoms with van der Waals surface area (Å²) in [5.74, 6) is 0.745. The summed E-state index contributed by atoms with van der Waals surface area (Å²) in [4.78, 5) is 32.2. The molecule has 1 N–H and O–H groups in total. The molecule has 2 atom stereocenters. The van der Waals surface area contributed by atoms with Crippen molar-refractivity contribution in [2.24, 2.45) is 5.16 Å². The van der Waals surface area contributed by atoms with Gasteiger partial charge in [-0.05, 0) is 29.7 Å². The molecule has 2 aliphatic rings. The summed E-state index contributed by atoms with van der Waals surface area (Å²) in [7, 11) is 1.64. The summed E-state index contributed by atoms with van der Waals surface area (Å²) in [6.07, 6.45) is 1.71. The van der Waals surface area contributed by atoms with Gasteiger partial charge in [0.2, 0.25) is 12.0 Å². The first-order valence-corrected chi connectivity index (χ1v) is 10.6. The molecule has 0 spiro atoms. The monoisotopic (exact) mass is 421 g/mol. The van der Waals surface area contributed by atoms with Crippen molar-refractivity contribution < 1.29 is 19.2 Å².